The minimum atomic E-state index is -4.45. The van der Waals surface area contributed by atoms with Crippen molar-refractivity contribution in [1.29, 1.82) is 0 Å². The highest BCUT2D eigenvalue weighted by atomic mass is 35.5. The van der Waals surface area contributed by atoms with Gasteiger partial charge in [-0.1, -0.05) is 0 Å². The molecule has 2 N–H and O–H groups in total. The summed E-state index contributed by atoms with van der Waals surface area (Å²) in [6.45, 7) is 0.0200. The molecule has 0 saturated heterocycles. The van der Waals surface area contributed by atoms with E-state index in [1.54, 1.807) is 0 Å². The normalized spacial score (nSPS) is 13.4. The summed E-state index contributed by atoms with van der Waals surface area (Å²) in [5.41, 5.74) is -4.43. The van der Waals surface area contributed by atoms with Crippen LogP contribution in [0.4, 0.5) is 23.2 Å². The lowest BCUT2D eigenvalue weighted by atomic mass is 10.3. The van der Waals surface area contributed by atoms with E-state index in [0.29, 0.717) is 0 Å². The molecule has 0 spiro atoms. The molecule has 1 aromatic carbocycles. The van der Waals surface area contributed by atoms with E-state index in [2.05, 4.69) is 5.32 Å². The molecule has 2 nitrogen and oxygen atoms in total. The molecule has 0 radical (unpaired) electrons. The summed E-state index contributed by atoms with van der Waals surface area (Å²) in [4.78, 5) is -0.233. The zero-order valence-electron chi connectivity index (χ0n) is 8.97. The van der Waals surface area contributed by atoms with Crippen molar-refractivity contribution in [3.05, 3.63) is 24.0 Å². The molecular formula is C10H10ClF4NOS. The quantitative estimate of drug-likeness (QED) is 0.496. The Hall–Kier alpha value is -0.660. The molecule has 0 bridgehead atoms. The van der Waals surface area contributed by atoms with Gasteiger partial charge in [0, 0.05) is 11.4 Å². The van der Waals surface area contributed by atoms with Crippen LogP contribution in [-0.2, 0) is 0 Å². The maximum Gasteiger partial charge on any atom is 0.446 e. The monoisotopic (exact) mass is 303 g/mol. The maximum atomic E-state index is 13.4. The van der Waals surface area contributed by atoms with Crippen molar-refractivity contribution in [1.82, 2.24) is 0 Å². The summed E-state index contributed by atoms with van der Waals surface area (Å²) >= 11 is 4.96. The van der Waals surface area contributed by atoms with Gasteiger partial charge in [-0.05, 0) is 30.0 Å². The maximum absolute atomic E-state index is 13.4. The molecule has 1 unspecified atom stereocenters. The topological polar surface area (TPSA) is 32.3 Å². The fraction of sp³-hybridized carbons (Fsp3) is 0.400. The molecular weight excluding hydrogens is 294 g/mol. The molecule has 1 aromatic rings. The molecule has 1 rings (SSSR count). The molecule has 0 heterocycles. The van der Waals surface area contributed by atoms with E-state index in [0.717, 1.165) is 12.1 Å². The number of aliphatic hydroxyl groups is 1. The Morgan fingerprint density at radius 2 is 2.06 bits per heavy atom. The summed E-state index contributed by atoms with van der Waals surface area (Å²) < 4.78 is 49.6. The Morgan fingerprint density at radius 3 is 2.56 bits per heavy atom. The van der Waals surface area contributed by atoms with Crippen LogP contribution in [-0.4, -0.2) is 29.1 Å². The highest BCUT2D eigenvalue weighted by Crippen LogP contribution is 2.37. The van der Waals surface area contributed by atoms with Crippen LogP contribution in [0.2, 0.25) is 0 Å². The van der Waals surface area contributed by atoms with E-state index >= 15 is 0 Å². The number of halogens is 5. The Bertz CT molecular complexity index is 402. The molecule has 0 aliphatic carbocycles. The highest BCUT2D eigenvalue weighted by molar-refractivity contribution is 8.00. The van der Waals surface area contributed by atoms with Crippen molar-refractivity contribution in [3.63, 3.8) is 0 Å². The second-order valence-corrected chi connectivity index (χ2v) is 4.83. The minimum absolute atomic E-state index is 0.0172. The van der Waals surface area contributed by atoms with Crippen LogP contribution in [0.5, 0.6) is 0 Å². The summed E-state index contributed by atoms with van der Waals surface area (Å²) in [7, 11) is 0. The summed E-state index contributed by atoms with van der Waals surface area (Å²) in [5, 5.41) is 11.7. The molecule has 18 heavy (non-hydrogen) atoms. The van der Waals surface area contributed by atoms with Crippen LogP contribution in [0.15, 0.2) is 23.1 Å². The van der Waals surface area contributed by atoms with Gasteiger partial charge in [-0.15, -0.1) is 11.6 Å². The standard InChI is InChI=1S/C10H10ClF4NOS/c11-4-6(17)5-16-9-2-1-7(3-8(9)12)18-10(13,14)15/h1-3,6,16-17H,4-5H2. The van der Waals surface area contributed by atoms with E-state index < -0.39 is 17.4 Å². The average molecular weight is 304 g/mol. The van der Waals surface area contributed by atoms with Gasteiger partial charge in [0.15, 0.2) is 0 Å². The van der Waals surface area contributed by atoms with Crippen LogP contribution < -0.4 is 5.32 Å². The molecule has 0 aliphatic rings. The van der Waals surface area contributed by atoms with Crippen LogP contribution in [0.3, 0.4) is 0 Å². The van der Waals surface area contributed by atoms with Crippen molar-refractivity contribution in [2.45, 2.75) is 16.5 Å². The van der Waals surface area contributed by atoms with E-state index in [4.69, 9.17) is 16.7 Å². The number of benzene rings is 1. The molecule has 1 atom stereocenters. The SMILES string of the molecule is OC(CCl)CNc1ccc(SC(F)(F)F)cc1F. The van der Waals surface area contributed by atoms with Crippen LogP contribution in [0.25, 0.3) is 0 Å². The first kappa shape index (κ1) is 15.4. The van der Waals surface area contributed by atoms with E-state index in [1.165, 1.54) is 6.07 Å². The van der Waals surface area contributed by atoms with Crippen LogP contribution >= 0.6 is 23.4 Å². The van der Waals surface area contributed by atoms with E-state index in [1.807, 2.05) is 0 Å². The van der Waals surface area contributed by atoms with Gasteiger partial charge >= 0.3 is 5.51 Å². The van der Waals surface area contributed by atoms with Crippen molar-refractivity contribution in [3.8, 4) is 0 Å². The van der Waals surface area contributed by atoms with Crippen molar-refractivity contribution >= 4 is 29.1 Å². The van der Waals surface area contributed by atoms with Gasteiger partial charge in [0.2, 0.25) is 0 Å². The van der Waals surface area contributed by atoms with Crippen LogP contribution in [0.1, 0.15) is 0 Å². The third-order valence-corrected chi connectivity index (χ3v) is 2.96. The van der Waals surface area contributed by atoms with Crippen molar-refractivity contribution < 1.29 is 22.7 Å². The van der Waals surface area contributed by atoms with Crippen LogP contribution in [0, 0.1) is 5.82 Å². The third kappa shape index (κ3) is 5.32. The fourth-order valence-corrected chi connectivity index (χ4v) is 1.79. The van der Waals surface area contributed by atoms with Gasteiger partial charge in [-0.2, -0.15) is 13.2 Å². The molecule has 8 heteroatoms. The fourth-order valence-electron chi connectivity index (χ4n) is 1.12. The summed E-state index contributed by atoms with van der Waals surface area (Å²) in [6.07, 6.45) is -0.852. The van der Waals surface area contributed by atoms with E-state index in [-0.39, 0.29) is 34.8 Å². The Kier molecular flexibility index (Phi) is 5.55. The first-order valence-electron chi connectivity index (χ1n) is 4.85. The largest absolute Gasteiger partial charge is 0.446 e. The van der Waals surface area contributed by atoms with Gasteiger partial charge in [-0.25, -0.2) is 4.39 Å². The molecule has 0 amide bonds. The molecule has 102 valence electrons. The molecule has 0 saturated carbocycles. The zero-order chi connectivity index (χ0) is 13.8. The van der Waals surface area contributed by atoms with E-state index in [9.17, 15) is 17.6 Å². The molecule has 0 aliphatic heterocycles. The molecule has 0 fully saturated rings. The summed E-state index contributed by atoms with van der Waals surface area (Å²) in [6, 6.07) is 3.12. The number of nitrogens with one attached hydrogen (secondary N) is 1. The number of alkyl halides is 4. The molecule has 0 aromatic heterocycles. The first-order valence-corrected chi connectivity index (χ1v) is 6.20. The first-order chi connectivity index (χ1) is 8.31. The van der Waals surface area contributed by atoms with Gasteiger partial charge in [0.1, 0.15) is 5.82 Å². The Balaban J connectivity index is 2.68. The Morgan fingerprint density at radius 1 is 1.39 bits per heavy atom. The van der Waals surface area contributed by atoms with Crippen molar-refractivity contribution in [2.75, 3.05) is 17.7 Å². The Labute approximate surface area is 110 Å². The van der Waals surface area contributed by atoms with Gasteiger partial charge < -0.3 is 10.4 Å². The lowest BCUT2D eigenvalue weighted by Gasteiger charge is -2.12. The lowest BCUT2D eigenvalue weighted by Crippen LogP contribution is -2.21. The van der Waals surface area contributed by atoms with Gasteiger partial charge in [0.05, 0.1) is 17.7 Å². The second kappa shape index (κ2) is 6.49. The third-order valence-electron chi connectivity index (χ3n) is 1.88. The predicted molar refractivity (Wildman–Crippen MR) is 63.5 cm³/mol. The highest BCUT2D eigenvalue weighted by Gasteiger charge is 2.29. The number of aliphatic hydroxyl groups excluding tert-OH is 1. The number of rotatable bonds is 5. The zero-order valence-corrected chi connectivity index (χ0v) is 10.5. The lowest BCUT2D eigenvalue weighted by molar-refractivity contribution is -0.0328. The number of thioether (sulfide) groups is 1. The smallest absolute Gasteiger partial charge is 0.390 e. The number of anilines is 1. The van der Waals surface area contributed by atoms with Gasteiger partial charge in [0.25, 0.3) is 0 Å². The number of hydrogen-bond donors (Lipinski definition) is 2. The van der Waals surface area contributed by atoms with Gasteiger partial charge in [-0.3, -0.25) is 0 Å². The average Bonchev–Trinajstić information content (AvgIpc) is 2.25. The minimum Gasteiger partial charge on any atom is -0.390 e. The number of hydrogen-bond acceptors (Lipinski definition) is 3. The summed E-state index contributed by atoms with van der Waals surface area (Å²) in [5.74, 6) is -0.831. The predicted octanol–water partition coefficient (Wildman–Crippen LogP) is 3.45. The van der Waals surface area contributed by atoms with Crippen molar-refractivity contribution in [2.24, 2.45) is 0 Å². The second-order valence-electron chi connectivity index (χ2n) is 3.38.